The van der Waals surface area contributed by atoms with Gasteiger partial charge in [-0.05, 0) is 43.3 Å². The van der Waals surface area contributed by atoms with Crippen LogP contribution in [0, 0.1) is 10.1 Å². The van der Waals surface area contributed by atoms with E-state index >= 15 is 0 Å². The lowest BCUT2D eigenvalue weighted by atomic mass is 10.1. The van der Waals surface area contributed by atoms with Gasteiger partial charge in [0.05, 0.1) is 27.3 Å². The number of non-ortho nitro benzene ring substituents is 1. The normalized spacial score (nSPS) is 11.8. The zero-order valence-corrected chi connectivity index (χ0v) is 18.1. The number of anilines is 1. The summed E-state index contributed by atoms with van der Waals surface area (Å²) in [5.41, 5.74) is 1.58. The third kappa shape index (κ3) is 4.51. The summed E-state index contributed by atoms with van der Waals surface area (Å²) in [6.45, 7) is 1.58. The number of hydrogen-bond acceptors (Lipinski definition) is 6. The molecule has 1 unspecified atom stereocenters. The molecular weight excluding hydrogens is 457 g/mol. The molecule has 1 aromatic heterocycles. The Hall–Kier alpha value is -3.62. The van der Waals surface area contributed by atoms with Crippen molar-refractivity contribution in [2.75, 3.05) is 5.32 Å². The number of amides is 1. The van der Waals surface area contributed by atoms with Gasteiger partial charge in [0, 0.05) is 11.1 Å². The molecule has 1 amide bonds. The van der Waals surface area contributed by atoms with Gasteiger partial charge in [-0.1, -0.05) is 35.3 Å². The minimum atomic E-state index is -0.868. The second-order valence-corrected chi connectivity index (χ2v) is 7.64. The van der Waals surface area contributed by atoms with Crippen molar-refractivity contribution < 1.29 is 18.9 Å². The number of benzene rings is 3. The molecule has 10 heteroatoms. The molecule has 0 spiro atoms. The van der Waals surface area contributed by atoms with Crippen molar-refractivity contribution in [2.24, 2.45) is 0 Å². The fourth-order valence-corrected chi connectivity index (χ4v) is 3.42. The Morgan fingerprint density at radius 3 is 2.69 bits per heavy atom. The molecule has 0 aliphatic heterocycles. The molecule has 0 aliphatic rings. The summed E-state index contributed by atoms with van der Waals surface area (Å²) in [6, 6.07) is 15.8. The molecule has 32 heavy (non-hydrogen) atoms. The number of aromatic nitrogens is 1. The number of oxazole rings is 1. The summed E-state index contributed by atoms with van der Waals surface area (Å²) in [7, 11) is 0. The summed E-state index contributed by atoms with van der Waals surface area (Å²) in [5, 5.41) is 14.5. The number of hydrogen-bond donors (Lipinski definition) is 1. The first-order valence-electron chi connectivity index (χ1n) is 9.39. The maximum absolute atomic E-state index is 12.7. The van der Waals surface area contributed by atoms with Gasteiger partial charge in [-0.3, -0.25) is 14.9 Å². The topological polar surface area (TPSA) is 108 Å². The van der Waals surface area contributed by atoms with Crippen LogP contribution < -0.4 is 10.1 Å². The van der Waals surface area contributed by atoms with E-state index in [-0.39, 0.29) is 22.2 Å². The van der Waals surface area contributed by atoms with Gasteiger partial charge in [0.2, 0.25) is 5.89 Å². The number of fused-ring (bicyclic) bond motifs is 1. The fraction of sp³-hybridized carbons (Fsp3) is 0.0909. The molecule has 0 fully saturated rings. The standard InChI is InChI=1S/C22H15Cl2N3O5/c1-12(31-19-9-6-13(23)10-16(19)24)21(28)25-17-5-3-2-4-15(17)22-26-18-8-7-14(27(29)30)11-20(18)32-22/h2-12H,1H3,(H,25,28). The number of nitro groups is 1. The Morgan fingerprint density at radius 1 is 1.16 bits per heavy atom. The van der Waals surface area contributed by atoms with E-state index in [1.54, 1.807) is 43.3 Å². The monoisotopic (exact) mass is 471 g/mol. The van der Waals surface area contributed by atoms with Gasteiger partial charge in [0.15, 0.2) is 11.7 Å². The first-order valence-corrected chi connectivity index (χ1v) is 10.1. The molecule has 0 bridgehead atoms. The van der Waals surface area contributed by atoms with Crippen LogP contribution in [0.5, 0.6) is 5.75 Å². The van der Waals surface area contributed by atoms with Crippen LogP contribution in [0.15, 0.2) is 65.1 Å². The molecule has 0 saturated heterocycles. The maximum atomic E-state index is 12.7. The van der Waals surface area contributed by atoms with Gasteiger partial charge in [-0.25, -0.2) is 4.98 Å². The van der Waals surface area contributed by atoms with E-state index in [1.165, 1.54) is 24.3 Å². The molecular formula is C22H15Cl2N3O5. The summed E-state index contributed by atoms with van der Waals surface area (Å²) in [5.74, 6) is 0.119. The number of nitrogens with zero attached hydrogens (tertiary/aromatic N) is 2. The van der Waals surface area contributed by atoms with E-state index < -0.39 is 16.9 Å². The van der Waals surface area contributed by atoms with Crippen LogP contribution in [0.4, 0.5) is 11.4 Å². The van der Waals surface area contributed by atoms with Crippen molar-refractivity contribution in [1.82, 2.24) is 4.98 Å². The predicted octanol–water partition coefficient (Wildman–Crippen LogP) is 6.12. The third-order valence-corrected chi connectivity index (χ3v) is 5.10. The lowest BCUT2D eigenvalue weighted by Gasteiger charge is -2.16. The van der Waals surface area contributed by atoms with Crippen molar-refractivity contribution in [1.29, 1.82) is 0 Å². The molecule has 162 valence electrons. The highest BCUT2D eigenvalue weighted by molar-refractivity contribution is 6.35. The van der Waals surface area contributed by atoms with Gasteiger partial charge >= 0.3 is 0 Å². The Labute approximate surface area is 191 Å². The van der Waals surface area contributed by atoms with Crippen LogP contribution >= 0.6 is 23.2 Å². The highest BCUT2D eigenvalue weighted by atomic mass is 35.5. The number of nitrogens with one attached hydrogen (secondary N) is 1. The smallest absolute Gasteiger partial charge is 0.273 e. The van der Waals surface area contributed by atoms with E-state index in [0.717, 1.165) is 0 Å². The van der Waals surface area contributed by atoms with Crippen LogP contribution in [0.2, 0.25) is 10.0 Å². The summed E-state index contributed by atoms with van der Waals surface area (Å²) >= 11 is 12.0. The first-order chi connectivity index (χ1) is 15.3. The molecule has 0 radical (unpaired) electrons. The quantitative estimate of drug-likeness (QED) is 0.268. The Morgan fingerprint density at radius 2 is 1.94 bits per heavy atom. The highest BCUT2D eigenvalue weighted by Crippen LogP contribution is 2.32. The molecule has 8 nitrogen and oxygen atoms in total. The number of nitro benzene ring substituents is 1. The minimum Gasteiger partial charge on any atom is -0.479 e. The Kier molecular flexibility index (Phi) is 5.98. The Balaban J connectivity index is 1.57. The summed E-state index contributed by atoms with van der Waals surface area (Å²) < 4.78 is 11.4. The average molecular weight is 472 g/mol. The Bertz CT molecular complexity index is 1340. The van der Waals surface area contributed by atoms with E-state index in [1.807, 2.05) is 0 Å². The fourth-order valence-electron chi connectivity index (χ4n) is 2.97. The van der Waals surface area contributed by atoms with Crippen LogP contribution in [0.25, 0.3) is 22.6 Å². The van der Waals surface area contributed by atoms with E-state index in [2.05, 4.69) is 10.3 Å². The van der Waals surface area contributed by atoms with Gasteiger partial charge in [-0.15, -0.1) is 0 Å². The maximum Gasteiger partial charge on any atom is 0.273 e. The number of para-hydroxylation sites is 1. The second kappa shape index (κ2) is 8.86. The van der Waals surface area contributed by atoms with Crippen LogP contribution in [0.3, 0.4) is 0 Å². The molecule has 0 aliphatic carbocycles. The van der Waals surface area contributed by atoms with Gasteiger partial charge < -0.3 is 14.5 Å². The summed E-state index contributed by atoms with van der Waals surface area (Å²) in [4.78, 5) is 27.6. The first kappa shape index (κ1) is 21.6. The predicted molar refractivity (Wildman–Crippen MR) is 121 cm³/mol. The van der Waals surface area contributed by atoms with Crippen molar-refractivity contribution in [3.05, 3.63) is 80.8 Å². The molecule has 1 heterocycles. The van der Waals surface area contributed by atoms with Gasteiger partial charge in [0.1, 0.15) is 11.3 Å². The number of rotatable bonds is 6. The van der Waals surface area contributed by atoms with Crippen molar-refractivity contribution >= 4 is 51.6 Å². The molecule has 3 aromatic carbocycles. The van der Waals surface area contributed by atoms with Gasteiger partial charge in [0.25, 0.3) is 11.6 Å². The SMILES string of the molecule is CC(Oc1ccc(Cl)cc1Cl)C(=O)Nc1ccccc1-c1nc2ccc([N+](=O)[O-])cc2o1. The third-order valence-electron chi connectivity index (χ3n) is 4.57. The number of carbonyl (C=O) groups is 1. The number of ether oxygens (including phenoxy) is 1. The molecule has 4 aromatic rings. The zero-order chi connectivity index (χ0) is 22.8. The van der Waals surface area contributed by atoms with Crippen LogP contribution in [-0.2, 0) is 4.79 Å². The largest absolute Gasteiger partial charge is 0.479 e. The van der Waals surface area contributed by atoms with E-state index in [9.17, 15) is 14.9 Å². The lowest BCUT2D eigenvalue weighted by molar-refractivity contribution is -0.384. The molecule has 4 rings (SSSR count). The highest BCUT2D eigenvalue weighted by Gasteiger charge is 2.20. The van der Waals surface area contributed by atoms with Crippen molar-refractivity contribution in [2.45, 2.75) is 13.0 Å². The minimum absolute atomic E-state index is 0.103. The summed E-state index contributed by atoms with van der Waals surface area (Å²) in [6.07, 6.45) is -0.868. The molecule has 1 N–H and O–H groups in total. The van der Waals surface area contributed by atoms with Crippen LogP contribution in [-0.4, -0.2) is 21.9 Å². The van der Waals surface area contributed by atoms with Gasteiger partial charge in [-0.2, -0.15) is 0 Å². The molecule has 0 saturated carbocycles. The number of halogens is 2. The second-order valence-electron chi connectivity index (χ2n) is 6.80. The van der Waals surface area contributed by atoms with E-state index in [0.29, 0.717) is 27.5 Å². The van der Waals surface area contributed by atoms with Crippen molar-refractivity contribution in [3.63, 3.8) is 0 Å². The lowest BCUT2D eigenvalue weighted by Crippen LogP contribution is -2.30. The number of carbonyl (C=O) groups excluding carboxylic acids is 1. The van der Waals surface area contributed by atoms with E-state index in [4.69, 9.17) is 32.4 Å². The van der Waals surface area contributed by atoms with Crippen molar-refractivity contribution in [3.8, 4) is 17.2 Å². The molecule has 1 atom stereocenters. The van der Waals surface area contributed by atoms with Crippen LogP contribution in [0.1, 0.15) is 6.92 Å². The average Bonchev–Trinajstić information content (AvgIpc) is 3.19. The zero-order valence-electron chi connectivity index (χ0n) is 16.5.